The maximum absolute atomic E-state index is 12.2. The first-order valence-corrected chi connectivity index (χ1v) is 6.31. The standard InChI is InChI=1S/C14H19N3O2/c1-9-17-11-8-10(4-5-12(11)19-9)14(2,3)13(18)16-7-6-15/h4-5,8H,6-7,15H2,1-3H3,(H,16,18). The van der Waals surface area contributed by atoms with E-state index in [1.54, 1.807) is 6.92 Å². The molecule has 2 rings (SSSR count). The van der Waals surface area contributed by atoms with E-state index in [0.717, 1.165) is 16.7 Å². The number of hydrogen-bond acceptors (Lipinski definition) is 4. The van der Waals surface area contributed by atoms with Crippen LogP contribution in [0.25, 0.3) is 11.1 Å². The Balaban J connectivity index is 2.33. The van der Waals surface area contributed by atoms with E-state index < -0.39 is 5.41 Å². The van der Waals surface area contributed by atoms with Gasteiger partial charge in [0.05, 0.1) is 5.41 Å². The van der Waals surface area contributed by atoms with Crippen molar-refractivity contribution >= 4 is 17.0 Å². The number of amides is 1. The van der Waals surface area contributed by atoms with Crippen LogP contribution in [-0.4, -0.2) is 24.0 Å². The fourth-order valence-corrected chi connectivity index (χ4v) is 1.97. The molecule has 1 aromatic heterocycles. The molecule has 0 radical (unpaired) electrons. The number of carbonyl (C=O) groups is 1. The summed E-state index contributed by atoms with van der Waals surface area (Å²) in [5.41, 5.74) is 7.18. The normalized spacial score (nSPS) is 11.8. The zero-order chi connectivity index (χ0) is 14.0. The average Bonchev–Trinajstić information content (AvgIpc) is 2.74. The number of aryl methyl sites for hydroxylation is 1. The number of hydrogen-bond donors (Lipinski definition) is 2. The lowest BCUT2D eigenvalue weighted by Gasteiger charge is -2.24. The molecule has 0 aliphatic heterocycles. The summed E-state index contributed by atoms with van der Waals surface area (Å²) in [5, 5.41) is 2.82. The Labute approximate surface area is 112 Å². The highest BCUT2D eigenvalue weighted by atomic mass is 16.3. The van der Waals surface area contributed by atoms with Crippen LogP contribution in [0.2, 0.25) is 0 Å². The second kappa shape index (κ2) is 5.01. The van der Waals surface area contributed by atoms with Crippen molar-refractivity contribution in [3.63, 3.8) is 0 Å². The second-order valence-corrected chi connectivity index (χ2v) is 5.08. The average molecular weight is 261 g/mol. The zero-order valence-corrected chi connectivity index (χ0v) is 11.5. The Morgan fingerprint density at radius 3 is 2.89 bits per heavy atom. The molecule has 0 saturated carbocycles. The van der Waals surface area contributed by atoms with Crippen molar-refractivity contribution in [2.45, 2.75) is 26.2 Å². The minimum absolute atomic E-state index is 0.0440. The number of rotatable bonds is 4. The number of carbonyl (C=O) groups excluding carboxylic acids is 1. The Bertz CT molecular complexity index is 602. The molecule has 0 fully saturated rings. The highest BCUT2D eigenvalue weighted by molar-refractivity contribution is 5.88. The van der Waals surface area contributed by atoms with E-state index in [0.29, 0.717) is 19.0 Å². The fraction of sp³-hybridized carbons (Fsp3) is 0.429. The number of nitrogens with two attached hydrogens (primary N) is 1. The van der Waals surface area contributed by atoms with Crippen LogP contribution in [0.4, 0.5) is 0 Å². The minimum Gasteiger partial charge on any atom is -0.441 e. The molecule has 2 aromatic rings. The van der Waals surface area contributed by atoms with E-state index in [9.17, 15) is 4.79 Å². The van der Waals surface area contributed by atoms with Crippen LogP contribution in [0.3, 0.4) is 0 Å². The third-order valence-corrected chi connectivity index (χ3v) is 3.21. The summed E-state index contributed by atoms with van der Waals surface area (Å²) in [6.07, 6.45) is 0. The molecule has 1 aromatic carbocycles. The highest BCUT2D eigenvalue weighted by Gasteiger charge is 2.29. The molecule has 1 heterocycles. The van der Waals surface area contributed by atoms with Crippen molar-refractivity contribution in [1.82, 2.24) is 10.3 Å². The van der Waals surface area contributed by atoms with Gasteiger partial charge in [-0.2, -0.15) is 0 Å². The maximum Gasteiger partial charge on any atom is 0.230 e. The fourth-order valence-electron chi connectivity index (χ4n) is 1.97. The van der Waals surface area contributed by atoms with Gasteiger partial charge in [0, 0.05) is 20.0 Å². The van der Waals surface area contributed by atoms with E-state index in [1.807, 2.05) is 32.0 Å². The second-order valence-electron chi connectivity index (χ2n) is 5.08. The summed E-state index contributed by atoms with van der Waals surface area (Å²) in [5.74, 6) is 0.579. The van der Waals surface area contributed by atoms with Crippen molar-refractivity contribution in [2.24, 2.45) is 5.73 Å². The zero-order valence-electron chi connectivity index (χ0n) is 11.5. The lowest BCUT2D eigenvalue weighted by atomic mass is 9.83. The van der Waals surface area contributed by atoms with Crippen molar-refractivity contribution < 1.29 is 9.21 Å². The lowest BCUT2D eigenvalue weighted by Crippen LogP contribution is -2.42. The molecule has 0 aliphatic rings. The molecule has 3 N–H and O–H groups in total. The summed E-state index contributed by atoms with van der Waals surface area (Å²) in [6.45, 7) is 6.48. The topological polar surface area (TPSA) is 81.2 Å². The van der Waals surface area contributed by atoms with E-state index in [-0.39, 0.29) is 5.91 Å². The molecular formula is C14H19N3O2. The molecule has 0 bridgehead atoms. The molecule has 0 unspecified atom stereocenters. The Morgan fingerprint density at radius 1 is 1.47 bits per heavy atom. The van der Waals surface area contributed by atoms with Crippen LogP contribution in [0, 0.1) is 6.92 Å². The molecule has 19 heavy (non-hydrogen) atoms. The summed E-state index contributed by atoms with van der Waals surface area (Å²) < 4.78 is 5.43. The van der Waals surface area contributed by atoms with Gasteiger partial charge in [-0.25, -0.2) is 4.98 Å². The molecule has 102 valence electrons. The molecule has 0 saturated heterocycles. The predicted octanol–water partition coefficient (Wildman–Crippen LogP) is 1.49. The van der Waals surface area contributed by atoms with Gasteiger partial charge in [0.1, 0.15) is 5.52 Å². The molecule has 0 aliphatic carbocycles. The highest BCUT2D eigenvalue weighted by Crippen LogP contribution is 2.27. The van der Waals surface area contributed by atoms with Gasteiger partial charge in [0.15, 0.2) is 11.5 Å². The van der Waals surface area contributed by atoms with Crippen LogP contribution < -0.4 is 11.1 Å². The first kappa shape index (κ1) is 13.5. The minimum atomic E-state index is -0.629. The van der Waals surface area contributed by atoms with E-state index >= 15 is 0 Å². The van der Waals surface area contributed by atoms with Crippen LogP contribution in [0.15, 0.2) is 22.6 Å². The molecule has 5 heteroatoms. The van der Waals surface area contributed by atoms with Crippen molar-refractivity contribution in [3.8, 4) is 0 Å². The number of benzene rings is 1. The quantitative estimate of drug-likeness (QED) is 0.873. The Hall–Kier alpha value is -1.88. The van der Waals surface area contributed by atoms with Crippen LogP contribution in [0.5, 0.6) is 0 Å². The molecule has 1 amide bonds. The third kappa shape index (κ3) is 2.61. The summed E-state index contributed by atoms with van der Waals surface area (Å²) in [6, 6.07) is 5.64. The van der Waals surface area contributed by atoms with Gasteiger partial charge in [0.2, 0.25) is 5.91 Å². The van der Waals surface area contributed by atoms with E-state index in [1.165, 1.54) is 0 Å². The lowest BCUT2D eigenvalue weighted by molar-refractivity contribution is -0.125. The maximum atomic E-state index is 12.2. The Morgan fingerprint density at radius 2 is 2.21 bits per heavy atom. The first-order valence-electron chi connectivity index (χ1n) is 6.31. The molecule has 5 nitrogen and oxygen atoms in total. The first-order chi connectivity index (χ1) is 8.95. The summed E-state index contributed by atoms with van der Waals surface area (Å²) in [4.78, 5) is 16.4. The predicted molar refractivity (Wildman–Crippen MR) is 73.8 cm³/mol. The van der Waals surface area contributed by atoms with Gasteiger partial charge in [-0.05, 0) is 31.5 Å². The number of nitrogens with one attached hydrogen (secondary N) is 1. The van der Waals surface area contributed by atoms with Gasteiger partial charge in [-0.1, -0.05) is 6.07 Å². The van der Waals surface area contributed by atoms with Crippen LogP contribution in [0.1, 0.15) is 25.3 Å². The molecule has 0 atom stereocenters. The van der Waals surface area contributed by atoms with Crippen molar-refractivity contribution in [3.05, 3.63) is 29.7 Å². The largest absolute Gasteiger partial charge is 0.441 e. The Kier molecular flexibility index (Phi) is 3.57. The van der Waals surface area contributed by atoms with Crippen LogP contribution >= 0.6 is 0 Å². The molecule has 0 spiro atoms. The van der Waals surface area contributed by atoms with Gasteiger partial charge in [0.25, 0.3) is 0 Å². The molecular weight excluding hydrogens is 242 g/mol. The van der Waals surface area contributed by atoms with Gasteiger partial charge < -0.3 is 15.5 Å². The van der Waals surface area contributed by atoms with Gasteiger partial charge >= 0.3 is 0 Å². The van der Waals surface area contributed by atoms with E-state index in [2.05, 4.69) is 10.3 Å². The van der Waals surface area contributed by atoms with Crippen molar-refractivity contribution in [2.75, 3.05) is 13.1 Å². The monoisotopic (exact) mass is 261 g/mol. The van der Waals surface area contributed by atoms with Crippen LogP contribution in [-0.2, 0) is 10.2 Å². The van der Waals surface area contributed by atoms with E-state index in [4.69, 9.17) is 10.2 Å². The SMILES string of the molecule is Cc1nc2cc(C(C)(C)C(=O)NCCN)ccc2o1. The number of aromatic nitrogens is 1. The summed E-state index contributed by atoms with van der Waals surface area (Å²) in [7, 11) is 0. The van der Waals surface area contributed by atoms with Gasteiger partial charge in [-0.15, -0.1) is 0 Å². The van der Waals surface area contributed by atoms with Gasteiger partial charge in [-0.3, -0.25) is 4.79 Å². The summed E-state index contributed by atoms with van der Waals surface area (Å²) >= 11 is 0. The third-order valence-electron chi connectivity index (χ3n) is 3.21. The number of nitrogens with zero attached hydrogens (tertiary/aromatic N) is 1. The van der Waals surface area contributed by atoms with Crippen molar-refractivity contribution in [1.29, 1.82) is 0 Å². The number of oxazole rings is 1. The number of fused-ring (bicyclic) bond motifs is 1. The smallest absolute Gasteiger partial charge is 0.230 e.